The van der Waals surface area contributed by atoms with E-state index in [9.17, 15) is 9.59 Å². The maximum Gasteiger partial charge on any atom is 0.338 e. The number of hydrogen-bond donors (Lipinski definition) is 0. The molecular formula is C26H34O6. The van der Waals surface area contributed by atoms with E-state index in [0.29, 0.717) is 37.6 Å². The number of esters is 2. The molecule has 0 saturated heterocycles. The number of ether oxygens (including phenoxy) is 4. The molecule has 174 valence electrons. The van der Waals surface area contributed by atoms with Crippen LogP contribution in [0.25, 0.3) is 0 Å². The fourth-order valence-electron chi connectivity index (χ4n) is 3.24. The average Bonchev–Trinajstić information content (AvgIpc) is 2.79. The summed E-state index contributed by atoms with van der Waals surface area (Å²) in [5.41, 5.74) is 3.13. The molecule has 2 rings (SSSR count). The Morgan fingerprint density at radius 2 is 0.938 bits per heavy atom. The van der Waals surface area contributed by atoms with E-state index in [2.05, 4.69) is 0 Å². The molecule has 0 heterocycles. The highest BCUT2D eigenvalue weighted by molar-refractivity contribution is 5.91. The Labute approximate surface area is 190 Å². The first-order chi connectivity index (χ1) is 15.4. The highest BCUT2D eigenvalue weighted by atomic mass is 16.6. The predicted molar refractivity (Wildman–Crippen MR) is 123 cm³/mol. The Kier molecular flexibility index (Phi) is 10.9. The van der Waals surface area contributed by atoms with Crippen molar-refractivity contribution in [3.05, 3.63) is 70.8 Å². The molecule has 0 fully saturated rings. The Morgan fingerprint density at radius 3 is 1.31 bits per heavy atom. The minimum Gasteiger partial charge on any atom is -0.460 e. The third-order valence-corrected chi connectivity index (χ3v) is 4.90. The Balaban J connectivity index is 1.54. The topological polar surface area (TPSA) is 71.1 Å². The van der Waals surface area contributed by atoms with Crippen LogP contribution in [0.2, 0.25) is 0 Å². The highest BCUT2D eigenvalue weighted by Crippen LogP contribution is 2.20. The third-order valence-electron chi connectivity index (χ3n) is 4.90. The van der Waals surface area contributed by atoms with Gasteiger partial charge < -0.3 is 18.9 Å². The van der Waals surface area contributed by atoms with Gasteiger partial charge in [-0.05, 0) is 35.1 Å². The summed E-state index contributed by atoms with van der Waals surface area (Å²) in [5, 5.41) is 0. The van der Waals surface area contributed by atoms with Gasteiger partial charge in [0.1, 0.15) is 13.2 Å². The van der Waals surface area contributed by atoms with Crippen LogP contribution in [0, 0.1) is 0 Å². The van der Waals surface area contributed by atoms with E-state index < -0.39 is 0 Å². The molecule has 0 N–H and O–H groups in total. The zero-order valence-electron chi connectivity index (χ0n) is 19.5. The minimum absolute atomic E-state index is 0.179. The van der Waals surface area contributed by atoms with Gasteiger partial charge in [0.15, 0.2) is 0 Å². The van der Waals surface area contributed by atoms with Gasteiger partial charge in [-0.1, -0.05) is 64.1 Å². The van der Waals surface area contributed by atoms with Crippen LogP contribution in [0.4, 0.5) is 0 Å². The van der Waals surface area contributed by atoms with Crippen LogP contribution in [0.15, 0.2) is 48.5 Å². The summed E-state index contributed by atoms with van der Waals surface area (Å²) >= 11 is 0. The minimum atomic E-state index is -0.338. The maximum atomic E-state index is 12.2. The normalized spacial score (nSPS) is 11.1. The second-order valence-corrected chi connectivity index (χ2v) is 7.98. The van der Waals surface area contributed by atoms with Gasteiger partial charge in [0, 0.05) is 0 Å². The van der Waals surface area contributed by atoms with Gasteiger partial charge in [-0.15, -0.1) is 0 Å². The highest BCUT2D eigenvalue weighted by Gasteiger charge is 2.15. The molecule has 2 aromatic rings. The summed E-state index contributed by atoms with van der Waals surface area (Å²) in [6.07, 6.45) is 0. The molecule has 6 nitrogen and oxygen atoms in total. The van der Waals surface area contributed by atoms with Crippen molar-refractivity contribution >= 4 is 11.9 Å². The van der Waals surface area contributed by atoms with Crippen LogP contribution in [-0.2, 0) is 18.9 Å². The summed E-state index contributed by atoms with van der Waals surface area (Å²) in [7, 11) is 0. The standard InChI is InChI=1S/C26H34O6/c1-19(2)21-9-5-7-11-23(21)25(27)31-17-15-29-13-14-30-16-18-32-26(28)24-12-8-6-10-22(24)20(3)4/h5-12,19-20H,13-18H2,1-4H3. The zero-order chi connectivity index (χ0) is 23.3. The molecule has 0 aliphatic rings. The molecule has 0 radical (unpaired) electrons. The molecule has 0 aliphatic heterocycles. The lowest BCUT2D eigenvalue weighted by Crippen LogP contribution is -2.16. The van der Waals surface area contributed by atoms with Crippen LogP contribution in [-0.4, -0.2) is 51.6 Å². The van der Waals surface area contributed by atoms with Gasteiger partial charge in [0.05, 0.1) is 37.6 Å². The second-order valence-electron chi connectivity index (χ2n) is 7.98. The van der Waals surface area contributed by atoms with Crippen molar-refractivity contribution in [2.75, 3.05) is 39.6 Å². The second kappa shape index (κ2) is 13.7. The van der Waals surface area contributed by atoms with E-state index in [1.807, 2.05) is 64.1 Å². The van der Waals surface area contributed by atoms with E-state index in [1.54, 1.807) is 12.1 Å². The third kappa shape index (κ3) is 8.09. The van der Waals surface area contributed by atoms with Crippen molar-refractivity contribution in [3.8, 4) is 0 Å². The molecule has 0 spiro atoms. The van der Waals surface area contributed by atoms with Crippen LogP contribution in [0.5, 0.6) is 0 Å². The molecule has 32 heavy (non-hydrogen) atoms. The number of carbonyl (C=O) groups excluding carboxylic acids is 2. The van der Waals surface area contributed by atoms with Crippen molar-refractivity contribution in [1.29, 1.82) is 0 Å². The largest absolute Gasteiger partial charge is 0.460 e. The fraction of sp³-hybridized carbons (Fsp3) is 0.462. The van der Waals surface area contributed by atoms with Gasteiger partial charge in [-0.25, -0.2) is 9.59 Å². The summed E-state index contributed by atoms with van der Waals surface area (Å²) in [5.74, 6) is -0.183. The number of benzene rings is 2. The number of hydrogen-bond acceptors (Lipinski definition) is 6. The first kappa shape index (κ1) is 25.6. The first-order valence-electron chi connectivity index (χ1n) is 11.1. The average molecular weight is 443 g/mol. The maximum absolute atomic E-state index is 12.2. The van der Waals surface area contributed by atoms with Gasteiger partial charge in [0.25, 0.3) is 0 Å². The van der Waals surface area contributed by atoms with Crippen molar-refractivity contribution in [3.63, 3.8) is 0 Å². The molecule has 0 saturated carbocycles. The Bertz CT molecular complexity index is 787. The Morgan fingerprint density at radius 1 is 0.594 bits per heavy atom. The quantitative estimate of drug-likeness (QED) is 0.322. The zero-order valence-corrected chi connectivity index (χ0v) is 19.5. The lowest BCUT2D eigenvalue weighted by Gasteiger charge is -2.12. The summed E-state index contributed by atoms with van der Waals surface area (Å²) in [6, 6.07) is 14.9. The van der Waals surface area contributed by atoms with Crippen molar-refractivity contribution in [2.45, 2.75) is 39.5 Å². The molecule has 0 amide bonds. The lowest BCUT2D eigenvalue weighted by atomic mass is 9.97. The number of carbonyl (C=O) groups is 2. The molecular weight excluding hydrogens is 408 g/mol. The van der Waals surface area contributed by atoms with Gasteiger partial charge in [0.2, 0.25) is 0 Å². The van der Waals surface area contributed by atoms with Gasteiger partial charge in [-0.2, -0.15) is 0 Å². The van der Waals surface area contributed by atoms with Crippen LogP contribution in [0.3, 0.4) is 0 Å². The lowest BCUT2D eigenvalue weighted by molar-refractivity contribution is 0.00222. The SMILES string of the molecule is CC(C)c1ccccc1C(=O)OCCOCCOCCOC(=O)c1ccccc1C(C)C. The van der Waals surface area contributed by atoms with Crippen LogP contribution < -0.4 is 0 Å². The van der Waals surface area contributed by atoms with E-state index >= 15 is 0 Å². The number of rotatable bonds is 13. The molecule has 0 bridgehead atoms. The molecule has 2 aromatic carbocycles. The summed E-state index contributed by atoms with van der Waals surface area (Å²) in [4.78, 5) is 24.5. The van der Waals surface area contributed by atoms with E-state index in [4.69, 9.17) is 18.9 Å². The van der Waals surface area contributed by atoms with Crippen molar-refractivity contribution in [1.82, 2.24) is 0 Å². The van der Waals surface area contributed by atoms with Crippen molar-refractivity contribution in [2.24, 2.45) is 0 Å². The van der Waals surface area contributed by atoms with E-state index in [1.165, 1.54) is 0 Å². The smallest absolute Gasteiger partial charge is 0.338 e. The van der Waals surface area contributed by atoms with Crippen molar-refractivity contribution < 1.29 is 28.5 Å². The molecule has 0 unspecified atom stereocenters. The molecule has 6 heteroatoms. The monoisotopic (exact) mass is 442 g/mol. The Hall–Kier alpha value is -2.70. The van der Waals surface area contributed by atoms with Gasteiger partial charge >= 0.3 is 11.9 Å². The summed E-state index contributed by atoms with van der Waals surface area (Å²) < 4.78 is 21.4. The van der Waals surface area contributed by atoms with E-state index in [-0.39, 0.29) is 37.0 Å². The molecule has 0 aliphatic carbocycles. The molecule has 0 atom stereocenters. The summed E-state index contributed by atoms with van der Waals surface area (Å²) in [6.45, 7) is 9.84. The predicted octanol–water partition coefficient (Wildman–Crippen LogP) is 4.98. The van der Waals surface area contributed by atoms with Crippen LogP contribution >= 0.6 is 0 Å². The van der Waals surface area contributed by atoms with E-state index in [0.717, 1.165) is 11.1 Å². The van der Waals surface area contributed by atoms with Crippen LogP contribution in [0.1, 0.15) is 71.4 Å². The van der Waals surface area contributed by atoms with Gasteiger partial charge in [-0.3, -0.25) is 0 Å². The first-order valence-corrected chi connectivity index (χ1v) is 11.1. The fourth-order valence-corrected chi connectivity index (χ4v) is 3.24. The molecule has 0 aromatic heterocycles.